The molecule has 2 amide bonds. The molecule has 6 nitrogen and oxygen atoms in total. The highest BCUT2D eigenvalue weighted by Crippen LogP contribution is 2.40. The number of morpholine rings is 1. The summed E-state index contributed by atoms with van der Waals surface area (Å²) < 4.78 is 5.31. The van der Waals surface area contributed by atoms with E-state index in [2.05, 4.69) is 27.7 Å². The van der Waals surface area contributed by atoms with Gasteiger partial charge in [-0.25, -0.2) is 0 Å². The lowest BCUT2D eigenvalue weighted by Crippen LogP contribution is -2.41. The molecule has 0 radical (unpaired) electrons. The van der Waals surface area contributed by atoms with Gasteiger partial charge in [-0.1, -0.05) is 17.7 Å². The van der Waals surface area contributed by atoms with Crippen LogP contribution in [0.1, 0.15) is 23.1 Å². The summed E-state index contributed by atoms with van der Waals surface area (Å²) in [5.41, 5.74) is 4.17. The Morgan fingerprint density at radius 1 is 1.08 bits per heavy atom. The fourth-order valence-electron chi connectivity index (χ4n) is 3.66. The Labute approximate surface area is 155 Å². The molecular weight excluding hydrogens is 330 g/mol. The third kappa shape index (κ3) is 4.62. The van der Waals surface area contributed by atoms with E-state index in [0.29, 0.717) is 13.0 Å². The Kier molecular flexibility index (Phi) is 5.94. The molecule has 2 atom stereocenters. The van der Waals surface area contributed by atoms with Gasteiger partial charge >= 0.3 is 0 Å². The van der Waals surface area contributed by atoms with Crippen molar-refractivity contribution in [3.8, 4) is 0 Å². The first-order chi connectivity index (χ1) is 12.5. The highest BCUT2D eigenvalue weighted by Gasteiger charge is 2.48. The first-order valence-electron chi connectivity index (χ1n) is 9.42. The van der Waals surface area contributed by atoms with Crippen molar-refractivity contribution in [2.75, 3.05) is 44.7 Å². The highest BCUT2D eigenvalue weighted by atomic mass is 16.5. The minimum absolute atomic E-state index is 0.00393. The van der Waals surface area contributed by atoms with Crippen LogP contribution in [0.3, 0.4) is 0 Å². The zero-order valence-electron chi connectivity index (χ0n) is 15.9. The van der Waals surface area contributed by atoms with Gasteiger partial charge in [0.25, 0.3) is 0 Å². The summed E-state index contributed by atoms with van der Waals surface area (Å²) in [7, 11) is 0. The summed E-state index contributed by atoms with van der Waals surface area (Å²) in [5, 5.41) is 5.99. The first kappa shape index (κ1) is 18.9. The van der Waals surface area contributed by atoms with Crippen LogP contribution in [0.5, 0.6) is 0 Å². The van der Waals surface area contributed by atoms with Gasteiger partial charge in [-0.15, -0.1) is 0 Å². The fourth-order valence-corrected chi connectivity index (χ4v) is 3.66. The third-order valence-corrected chi connectivity index (χ3v) is 5.22. The van der Waals surface area contributed by atoms with Crippen LogP contribution in [0.4, 0.5) is 5.69 Å². The Hall–Kier alpha value is -1.92. The number of hydrogen-bond acceptors (Lipinski definition) is 4. The number of amides is 2. The van der Waals surface area contributed by atoms with Crippen LogP contribution >= 0.6 is 0 Å². The van der Waals surface area contributed by atoms with E-state index in [1.54, 1.807) is 0 Å². The van der Waals surface area contributed by atoms with Gasteiger partial charge in [0.2, 0.25) is 11.8 Å². The lowest BCUT2D eigenvalue weighted by Gasteiger charge is -2.26. The molecule has 1 aliphatic carbocycles. The average molecular weight is 359 g/mol. The number of nitrogens with zero attached hydrogens (tertiary/aromatic N) is 1. The molecule has 26 heavy (non-hydrogen) atoms. The SMILES string of the molecule is Cc1cc(C)c(NC(=O)C2CC2C(=O)NCCN2CCOCC2)c(C)c1. The minimum atomic E-state index is -0.210. The maximum atomic E-state index is 12.5. The smallest absolute Gasteiger partial charge is 0.228 e. The van der Waals surface area contributed by atoms with Crippen molar-refractivity contribution in [3.05, 3.63) is 28.8 Å². The van der Waals surface area contributed by atoms with Gasteiger partial charge in [0.05, 0.1) is 25.0 Å². The number of rotatable bonds is 6. The van der Waals surface area contributed by atoms with Crippen molar-refractivity contribution < 1.29 is 14.3 Å². The van der Waals surface area contributed by atoms with E-state index >= 15 is 0 Å². The molecule has 1 aromatic rings. The number of carbonyl (C=O) groups excluding carboxylic acids is 2. The first-order valence-corrected chi connectivity index (χ1v) is 9.42. The van der Waals surface area contributed by atoms with Crippen molar-refractivity contribution in [2.24, 2.45) is 11.8 Å². The van der Waals surface area contributed by atoms with E-state index in [-0.39, 0.29) is 23.7 Å². The highest BCUT2D eigenvalue weighted by molar-refractivity contribution is 6.00. The molecular formula is C20H29N3O3. The minimum Gasteiger partial charge on any atom is -0.379 e. The van der Waals surface area contributed by atoms with Crippen molar-refractivity contribution in [2.45, 2.75) is 27.2 Å². The maximum absolute atomic E-state index is 12.5. The lowest BCUT2D eigenvalue weighted by atomic mass is 10.0. The molecule has 2 aliphatic rings. The van der Waals surface area contributed by atoms with Crippen molar-refractivity contribution in [1.82, 2.24) is 10.2 Å². The maximum Gasteiger partial charge on any atom is 0.228 e. The average Bonchev–Trinajstić information content (AvgIpc) is 3.40. The number of aryl methyl sites for hydroxylation is 3. The summed E-state index contributed by atoms with van der Waals surface area (Å²) in [6.07, 6.45) is 0.638. The van der Waals surface area contributed by atoms with E-state index in [1.807, 2.05) is 20.8 Å². The summed E-state index contributed by atoms with van der Waals surface area (Å²) in [6.45, 7) is 10.9. The molecule has 0 bridgehead atoms. The summed E-state index contributed by atoms with van der Waals surface area (Å²) in [5.74, 6) is -0.451. The second kappa shape index (κ2) is 8.18. The topological polar surface area (TPSA) is 70.7 Å². The molecule has 1 saturated heterocycles. The second-order valence-electron chi connectivity index (χ2n) is 7.46. The Morgan fingerprint density at radius 3 is 2.35 bits per heavy atom. The van der Waals surface area contributed by atoms with Crippen LogP contribution in [0, 0.1) is 32.6 Å². The molecule has 1 aliphatic heterocycles. The third-order valence-electron chi connectivity index (χ3n) is 5.22. The monoisotopic (exact) mass is 359 g/mol. The van der Waals surface area contributed by atoms with Gasteiger partial charge in [0.15, 0.2) is 0 Å². The lowest BCUT2D eigenvalue weighted by molar-refractivity contribution is -0.125. The molecule has 0 aromatic heterocycles. The number of benzene rings is 1. The van der Waals surface area contributed by atoms with Crippen molar-refractivity contribution in [1.29, 1.82) is 0 Å². The van der Waals surface area contributed by atoms with Crippen LogP contribution in [-0.4, -0.2) is 56.1 Å². The summed E-state index contributed by atoms with van der Waals surface area (Å²) in [4.78, 5) is 27.0. The molecule has 1 saturated carbocycles. The van der Waals surface area contributed by atoms with Gasteiger partial charge in [-0.3, -0.25) is 14.5 Å². The molecule has 1 aromatic carbocycles. The van der Waals surface area contributed by atoms with Crippen LogP contribution in [0.25, 0.3) is 0 Å². The molecule has 1 heterocycles. The van der Waals surface area contributed by atoms with E-state index in [9.17, 15) is 9.59 Å². The van der Waals surface area contributed by atoms with Crippen LogP contribution < -0.4 is 10.6 Å². The number of carbonyl (C=O) groups is 2. The van der Waals surface area contributed by atoms with Gasteiger partial charge in [-0.2, -0.15) is 0 Å². The van der Waals surface area contributed by atoms with Gasteiger partial charge in [0.1, 0.15) is 0 Å². The molecule has 2 unspecified atom stereocenters. The molecule has 142 valence electrons. The van der Waals surface area contributed by atoms with Crippen LogP contribution in [-0.2, 0) is 14.3 Å². The largest absolute Gasteiger partial charge is 0.379 e. The van der Waals surface area contributed by atoms with Gasteiger partial charge in [-0.05, 0) is 38.3 Å². The Balaban J connectivity index is 1.44. The molecule has 6 heteroatoms. The second-order valence-corrected chi connectivity index (χ2v) is 7.46. The predicted molar refractivity (Wildman–Crippen MR) is 101 cm³/mol. The molecule has 0 spiro atoms. The van der Waals surface area contributed by atoms with Crippen LogP contribution in [0.2, 0.25) is 0 Å². The van der Waals surface area contributed by atoms with E-state index in [4.69, 9.17) is 4.74 Å². The zero-order valence-corrected chi connectivity index (χ0v) is 15.9. The van der Waals surface area contributed by atoms with E-state index < -0.39 is 0 Å². The standard InChI is InChI=1S/C20H29N3O3/c1-13-10-14(2)18(15(3)11-13)22-20(25)17-12-16(17)19(24)21-4-5-23-6-8-26-9-7-23/h10-11,16-17H,4-9,12H2,1-3H3,(H,21,24)(H,22,25). The van der Waals surface area contributed by atoms with Gasteiger partial charge in [0, 0.05) is 31.9 Å². The number of hydrogen-bond donors (Lipinski definition) is 2. The Bertz CT molecular complexity index is 660. The number of ether oxygens (including phenoxy) is 1. The Morgan fingerprint density at radius 2 is 1.69 bits per heavy atom. The number of nitrogens with one attached hydrogen (secondary N) is 2. The zero-order chi connectivity index (χ0) is 18.7. The molecule has 2 fully saturated rings. The quantitative estimate of drug-likeness (QED) is 0.810. The van der Waals surface area contributed by atoms with Crippen LogP contribution in [0.15, 0.2) is 12.1 Å². The molecule has 3 rings (SSSR count). The van der Waals surface area contributed by atoms with E-state index in [0.717, 1.165) is 49.7 Å². The predicted octanol–water partition coefficient (Wildman–Crippen LogP) is 1.63. The molecule has 2 N–H and O–H groups in total. The normalized spacial score (nSPS) is 22.7. The fraction of sp³-hybridized carbons (Fsp3) is 0.600. The summed E-state index contributed by atoms with van der Waals surface area (Å²) >= 11 is 0. The van der Waals surface area contributed by atoms with Crippen molar-refractivity contribution >= 4 is 17.5 Å². The van der Waals surface area contributed by atoms with E-state index in [1.165, 1.54) is 5.56 Å². The summed E-state index contributed by atoms with van der Waals surface area (Å²) in [6, 6.07) is 4.12. The van der Waals surface area contributed by atoms with Crippen molar-refractivity contribution in [3.63, 3.8) is 0 Å². The van der Waals surface area contributed by atoms with Gasteiger partial charge < -0.3 is 15.4 Å². The number of anilines is 1.